The van der Waals surface area contributed by atoms with Gasteiger partial charge in [-0.1, -0.05) is 5.16 Å². The van der Waals surface area contributed by atoms with E-state index in [1.807, 2.05) is 0 Å². The van der Waals surface area contributed by atoms with Crippen LogP contribution in [-0.2, 0) is 5.88 Å². The SMILES string of the molecule is FC1(F)CCCC(c2nc(CCl)no2)C1. The Bertz CT molecular complexity index is 343. The molecule has 3 nitrogen and oxygen atoms in total. The van der Waals surface area contributed by atoms with Gasteiger partial charge in [-0.25, -0.2) is 8.78 Å². The van der Waals surface area contributed by atoms with E-state index in [4.69, 9.17) is 16.1 Å². The third kappa shape index (κ3) is 2.45. The van der Waals surface area contributed by atoms with E-state index in [-0.39, 0.29) is 24.6 Å². The van der Waals surface area contributed by atoms with Crippen LogP contribution >= 0.6 is 11.6 Å². The molecule has 0 N–H and O–H groups in total. The zero-order valence-corrected chi connectivity index (χ0v) is 8.81. The predicted octanol–water partition coefficient (Wildman–Crippen LogP) is 3.10. The van der Waals surface area contributed by atoms with Crippen LogP contribution in [0.2, 0.25) is 0 Å². The molecule has 1 saturated carbocycles. The average molecular weight is 237 g/mol. The number of rotatable bonds is 2. The molecule has 1 unspecified atom stereocenters. The van der Waals surface area contributed by atoms with Crippen LogP contribution in [0.5, 0.6) is 0 Å². The van der Waals surface area contributed by atoms with E-state index in [1.165, 1.54) is 0 Å². The lowest BCUT2D eigenvalue weighted by atomic mass is 9.86. The van der Waals surface area contributed by atoms with E-state index in [1.54, 1.807) is 0 Å². The summed E-state index contributed by atoms with van der Waals surface area (Å²) in [6.45, 7) is 0. The molecule has 0 radical (unpaired) electrons. The quantitative estimate of drug-likeness (QED) is 0.741. The first-order valence-corrected chi connectivity index (χ1v) is 5.40. The van der Waals surface area contributed by atoms with Gasteiger partial charge in [0.25, 0.3) is 0 Å². The van der Waals surface area contributed by atoms with Crippen molar-refractivity contribution in [2.75, 3.05) is 0 Å². The summed E-state index contributed by atoms with van der Waals surface area (Å²) >= 11 is 5.50. The number of nitrogens with zero attached hydrogens (tertiary/aromatic N) is 2. The maximum absolute atomic E-state index is 13.1. The van der Waals surface area contributed by atoms with Gasteiger partial charge in [-0.2, -0.15) is 4.98 Å². The highest BCUT2D eigenvalue weighted by Crippen LogP contribution is 2.41. The highest BCUT2D eigenvalue weighted by atomic mass is 35.5. The Kier molecular flexibility index (Phi) is 2.91. The highest BCUT2D eigenvalue weighted by Gasteiger charge is 2.38. The van der Waals surface area contributed by atoms with Gasteiger partial charge < -0.3 is 4.52 Å². The van der Waals surface area contributed by atoms with E-state index < -0.39 is 5.92 Å². The molecule has 1 aromatic heterocycles. The van der Waals surface area contributed by atoms with Crippen LogP contribution in [0.3, 0.4) is 0 Å². The van der Waals surface area contributed by atoms with Crippen molar-refractivity contribution in [1.82, 2.24) is 10.1 Å². The summed E-state index contributed by atoms with van der Waals surface area (Å²) in [5.74, 6) is -2.12. The Morgan fingerprint density at radius 1 is 1.53 bits per heavy atom. The Morgan fingerprint density at radius 2 is 2.33 bits per heavy atom. The topological polar surface area (TPSA) is 38.9 Å². The fourth-order valence-corrected chi connectivity index (χ4v) is 1.98. The fourth-order valence-electron chi connectivity index (χ4n) is 1.87. The maximum Gasteiger partial charge on any atom is 0.248 e. The molecular weight excluding hydrogens is 226 g/mol. The normalized spacial score (nSPS) is 25.4. The molecule has 0 saturated heterocycles. The Balaban J connectivity index is 2.10. The zero-order chi connectivity index (χ0) is 10.9. The molecular formula is C9H11ClF2N2O. The summed E-state index contributed by atoms with van der Waals surface area (Å²) in [6.07, 6.45) is 0.937. The lowest BCUT2D eigenvalue weighted by Gasteiger charge is -2.26. The molecule has 0 amide bonds. The van der Waals surface area contributed by atoms with Crippen LogP contribution in [0.1, 0.15) is 43.3 Å². The second kappa shape index (κ2) is 4.04. The van der Waals surface area contributed by atoms with Gasteiger partial charge in [0.2, 0.25) is 11.8 Å². The van der Waals surface area contributed by atoms with Crippen molar-refractivity contribution < 1.29 is 13.3 Å². The second-order valence-corrected chi connectivity index (χ2v) is 4.10. The minimum atomic E-state index is -2.60. The Labute approximate surface area is 90.8 Å². The standard InChI is InChI=1S/C9H11ClF2N2O/c10-5-7-13-8(15-14-7)6-2-1-3-9(11,12)4-6/h6H,1-5H2. The van der Waals surface area contributed by atoms with Crippen LogP contribution in [0.15, 0.2) is 4.52 Å². The summed E-state index contributed by atoms with van der Waals surface area (Å²) in [4.78, 5) is 3.97. The minimum Gasteiger partial charge on any atom is -0.339 e. The van der Waals surface area contributed by atoms with Crippen molar-refractivity contribution in [1.29, 1.82) is 0 Å². The molecule has 1 heterocycles. The van der Waals surface area contributed by atoms with Gasteiger partial charge in [-0.15, -0.1) is 11.6 Å². The van der Waals surface area contributed by atoms with E-state index in [2.05, 4.69) is 10.1 Å². The van der Waals surface area contributed by atoms with E-state index >= 15 is 0 Å². The van der Waals surface area contributed by atoms with Gasteiger partial charge in [0.1, 0.15) is 0 Å². The molecule has 6 heteroatoms. The number of hydrogen-bond acceptors (Lipinski definition) is 3. The third-order valence-corrected chi connectivity index (χ3v) is 2.83. The van der Waals surface area contributed by atoms with Crippen molar-refractivity contribution >= 4 is 11.6 Å². The molecule has 0 spiro atoms. The smallest absolute Gasteiger partial charge is 0.248 e. The molecule has 15 heavy (non-hydrogen) atoms. The summed E-state index contributed by atoms with van der Waals surface area (Å²) in [6, 6.07) is 0. The Morgan fingerprint density at radius 3 is 2.93 bits per heavy atom. The number of halogens is 3. The minimum absolute atomic E-state index is 0.0417. The first-order chi connectivity index (χ1) is 7.11. The second-order valence-electron chi connectivity index (χ2n) is 3.83. The molecule has 1 atom stereocenters. The van der Waals surface area contributed by atoms with Crippen molar-refractivity contribution in [3.05, 3.63) is 11.7 Å². The molecule has 1 aliphatic carbocycles. The van der Waals surface area contributed by atoms with Gasteiger partial charge in [0.05, 0.1) is 5.88 Å². The first-order valence-electron chi connectivity index (χ1n) is 4.87. The summed E-state index contributed by atoms with van der Waals surface area (Å²) in [7, 11) is 0. The van der Waals surface area contributed by atoms with E-state index in [9.17, 15) is 8.78 Å². The molecule has 0 bridgehead atoms. The van der Waals surface area contributed by atoms with Gasteiger partial charge in [-0.05, 0) is 12.8 Å². The Hall–Kier alpha value is -0.710. The van der Waals surface area contributed by atoms with E-state index in [0.29, 0.717) is 24.6 Å². The van der Waals surface area contributed by atoms with Crippen LogP contribution in [0.4, 0.5) is 8.78 Å². The molecule has 1 aromatic rings. The number of alkyl halides is 3. The molecule has 84 valence electrons. The van der Waals surface area contributed by atoms with Crippen molar-refractivity contribution in [3.63, 3.8) is 0 Å². The van der Waals surface area contributed by atoms with Gasteiger partial charge in [0.15, 0.2) is 5.82 Å². The molecule has 0 aliphatic heterocycles. The maximum atomic E-state index is 13.1. The largest absolute Gasteiger partial charge is 0.339 e. The highest BCUT2D eigenvalue weighted by molar-refractivity contribution is 6.16. The van der Waals surface area contributed by atoms with Gasteiger partial charge in [-0.3, -0.25) is 0 Å². The molecule has 2 rings (SSSR count). The average Bonchev–Trinajstić information content (AvgIpc) is 2.64. The van der Waals surface area contributed by atoms with Crippen molar-refractivity contribution in [2.24, 2.45) is 0 Å². The van der Waals surface area contributed by atoms with E-state index in [0.717, 1.165) is 0 Å². The van der Waals surface area contributed by atoms with Crippen LogP contribution < -0.4 is 0 Å². The van der Waals surface area contributed by atoms with Crippen LogP contribution in [0, 0.1) is 0 Å². The van der Waals surface area contributed by atoms with Gasteiger partial charge >= 0.3 is 0 Å². The first kappa shape index (κ1) is 10.8. The third-order valence-electron chi connectivity index (χ3n) is 2.59. The van der Waals surface area contributed by atoms with Crippen LogP contribution in [0.25, 0.3) is 0 Å². The van der Waals surface area contributed by atoms with Gasteiger partial charge in [0, 0.05) is 18.8 Å². The predicted molar refractivity (Wildman–Crippen MR) is 50.0 cm³/mol. The fraction of sp³-hybridized carbons (Fsp3) is 0.778. The molecule has 1 aliphatic rings. The summed E-state index contributed by atoms with van der Waals surface area (Å²) < 4.78 is 31.1. The summed E-state index contributed by atoms with van der Waals surface area (Å²) in [5.41, 5.74) is 0. The number of hydrogen-bond donors (Lipinski definition) is 0. The van der Waals surface area contributed by atoms with Crippen molar-refractivity contribution in [3.8, 4) is 0 Å². The molecule has 0 aromatic carbocycles. The van der Waals surface area contributed by atoms with Crippen molar-refractivity contribution in [2.45, 2.75) is 43.4 Å². The summed E-state index contributed by atoms with van der Waals surface area (Å²) in [5, 5.41) is 3.59. The monoisotopic (exact) mass is 236 g/mol. The lowest BCUT2D eigenvalue weighted by Crippen LogP contribution is -2.25. The van der Waals surface area contributed by atoms with Crippen LogP contribution in [-0.4, -0.2) is 16.1 Å². The number of aromatic nitrogens is 2. The zero-order valence-electron chi connectivity index (χ0n) is 8.05. The molecule has 1 fully saturated rings. The lowest BCUT2D eigenvalue weighted by molar-refractivity contribution is -0.0440.